The molecule has 96 valence electrons. The van der Waals surface area contributed by atoms with Gasteiger partial charge in [0.25, 0.3) is 0 Å². The van der Waals surface area contributed by atoms with Crippen molar-refractivity contribution in [2.75, 3.05) is 13.7 Å². The van der Waals surface area contributed by atoms with E-state index in [1.165, 1.54) is 20.0 Å². The molecule has 0 radical (unpaired) electrons. The SMILES string of the molecule is CCC(CC)C(C)NCC(C)(C)C(=O)OC. The number of carbonyl (C=O) groups is 1. The van der Waals surface area contributed by atoms with E-state index in [4.69, 9.17) is 4.74 Å². The molecule has 0 amide bonds. The van der Waals surface area contributed by atoms with Gasteiger partial charge in [-0.2, -0.15) is 0 Å². The first-order chi connectivity index (χ1) is 7.38. The van der Waals surface area contributed by atoms with Gasteiger partial charge in [0.15, 0.2) is 0 Å². The topological polar surface area (TPSA) is 38.3 Å². The van der Waals surface area contributed by atoms with Crippen molar-refractivity contribution in [3.05, 3.63) is 0 Å². The maximum absolute atomic E-state index is 11.5. The van der Waals surface area contributed by atoms with Crippen LogP contribution in [0.4, 0.5) is 0 Å². The first kappa shape index (κ1) is 15.4. The van der Waals surface area contributed by atoms with E-state index in [2.05, 4.69) is 26.1 Å². The van der Waals surface area contributed by atoms with Gasteiger partial charge in [-0.25, -0.2) is 0 Å². The van der Waals surface area contributed by atoms with E-state index in [1.54, 1.807) is 0 Å². The quantitative estimate of drug-likeness (QED) is 0.682. The summed E-state index contributed by atoms with van der Waals surface area (Å²) in [7, 11) is 1.44. The Morgan fingerprint density at radius 3 is 2.19 bits per heavy atom. The van der Waals surface area contributed by atoms with Gasteiger partial charge in [-0.3, -0.25) is 4.79 Å². The van der Waals surface area contributed by atoms with Crippen LogP contribution in [0, 0.1) is 11.3 Å². The molecule has 0 heterocycles. The molecule has 0 aromatic rings. The van der Waals surface area contributed by atoms with Crippen molar-refractivity contribution in [1.29, 1.82) is 0 Å². The summed E-state index contributed by atoms with van der Waals surface area (Å²) >= 11 is 0. The number of carbonyl (C=O) groups excluding carboxylic acids is 1. The van der Waals surface area contributed by atoms with Crippen LogP contribution in [-0.4, -0.2) is 25.7 Å². The Morgan fingerprint density at radius 2 is 1.81 bits per heavy atom. The summed E-state index contributed by atoms with van der Waals surface area (Å²) in [5, 5.41) is 3.44. The largest absolute Gasteiger partial charge is 0.469 e. The summed E-state index contributed by atoms with van der Waals surface area (Å²) < 4.78 is 4.78. The van der Waals surface area contributed by atoms with E-state index in [0.29, 0.717) is 18.5 Å². The molecular formula is C13H27NO2. The van der Waals surface area contributed by atoms with Gasteiger partial charge < -0.3 is 10.1 Å². The fourth-order valence-corrected chi connectivity index (χ4v) is 1.93. The molecular weight excluding hydrogens is 202 g/mol. The van der Waals surface area contributed by atoms with E-state index < -0.39 is 5.41 Å². The second kappa shape index (κ2) is 6.89. The molecule has 0 saturated carbocycles. The molecule has 0 aromatic heterocycles. The fraction of sp³-hybridized carbons (Fsp3) is 0.923. The number of esters is 1. The van der Waals surface area contributed by atoms with Gasteiger partial charge >= 0.3 is 5.97 Å². The molecule has 0 spiro atoms. The molecule has 0 aliphatic rings. The first-order valence-electron chi connectivity index (χ1n) is 6.20. The zero-order valence-electron chi connectivity index (χ0n) is 11.6. The summed E-state index contributed by atoms with van der Waals surface area (Å²) in [6, 6.07) is 0.443. The van der Waals surface area contributed by atoms with Crippen LogP contribution in [0.3, 0.4) is 0 Å². The third-order valence-corrected chi connectivity index (χ3v) is 3.36. The monoisotopic (exact) mass is 229 g/mol. The Hall–Kier alpha value is -0.570. The molecule has 0 bridgehead atoms. The van der Waals surface area contributed by atoms with Crippen molar-refractivity contribution in [3.63, 3.8) is 0 Å². The first-order valence-corrected chi connectivity index (χ1v) is 6.20. The lowest BCUT2D eigenvalue weighted by molar-refractivity contribution is -0.150. The van der Waals surface area contributed by atoms with E-state index in [1.807, 2.05) is 13.8 Å². The van der Waals surface area contributed by atoms with Crippen LogP contribution >= 0.6 is 0 Å². The Kier molecular flexibility index (Phi) is 6.65. The van der Waals surface area contributed by atoms with Crippen LogP contribution in [0.5, 0.6) is 0 Å². The zero-order valence-corrected chi connectivity index (χ0v) is 11.6. The lowest BCUT2D eigenvalue weighted by Gasteiger charge is -2.28. The van der Waals surface area contributed by atoms with Crippen molar-refractivity contribution >= 4 is 5.97 Å². The third kappa shape index (κ3) is 4.52. The van der Waals surface area contributed by atoms with E-state index in [9.17, 15) is 4.79 Å². The van der Waals surface area contributed by atoms with E-state index in [0.717, 1.165) is 0 Å². The summed E-state index contributed by atoms with van der Waals surface area (Å²) in [6.07, 6.45) is 2.34. The number of hydrogen-bond acceptors (Lipinski definition) is 3. The van der Waals surface area contributed by atoms with Gasteiger partial charge in [-0.05, 0) is 26.7 Å². The minimum absolute atomic E-state index is 0.156. The number of rotatable bonds is 7. The molecule has 1 atom stereocenters. The Morgan fingerprint density at radius 1 is 1.31 bits per heavy atom. The molecule has 0 rings (SSSR count). The smallest absolute Gasteiger partial charge is 0.312 e. The molecule has 0 aromatic carbocycles. The van der Waals surface area contributed by atoms with Crippen LogP contribution in [0.2, 0.25) is 0 Å². The van der Waals surface area contributed by atoms with E-state index >= 15 is 0 Å². The van der Waals surface area contributed by atoms with Gasteiger partial charge in [-0.15, -0.1) is 0 Å². The predicted octanol–water partition coefficient (Wildman–Crippen LogP) is 2.60. The predicted molar refractivity (Wildman–Crippen MR) is 67.3 cm³/mol. The number of nitrogens with one attached hydrogen (secondary N) is 1. The number of methoxy groups -OCH3 is 1. The molecule has 0 saturated heterocycles. The van der Waals surface area contributed by atoms with E-state index in [-0.39, 0.29) is 5.97 Å². The third-order valence-electron chi connectivity index (χ3n) is 3.36. The highest BCUT2D eigenvalue weighted by atomic mass is 16.5. The summed E-state index contributed by atoms with van der Waals surface area (Å²) in [4.78, 5) is 11.5. The normalized spacial score (nSPS) is 13.9. The number of hydrogen-bond donors (Lipinski definition) is 1. The van der Waals surface area contributed by atoms with Crippen molar-refractivity contribution < 1.29 is 9.53 Å². The fourth-order valence-electron chi connectivity index (χ4n) is 1.93. The maximum Gasteiger partial charge on any atom is 0.312 e. The van der Waals surface area contributed by atoms with Crippen LogP contribution in [0.15, 0.2) is 0 Å². The van der Waals surface area contributed by atoms with Crippen LogP contribution < -0.4 is 5.32 Å². The van der Waals surface area contributed by atoms with Crippen molar-refractivity contribution in [2.24, 2.45) is 11.3 Å². The minimum atomic E-state index is -0.449. The molecule has 0 aliphatic heterocycles. The Balaban J connectivity index is 4.18. The standard InChI is InChI=1S/C13H27NO2/c1-7-11(8-2)10(3)14-9-13(4,5)12(15)16-6/h10-11,14H,7-9H2,1-6H3. The summed E-state index contributed by atoms with van der Waals surface area (Å²) in [5.41, 5.74) is -0.449. The molecule has 16 heavy (non-hydrogen) atoms. The van der Waals surface area contributed by atoms with Crippen molar-refractivity contribution in [3.8, 4) is 0 Å². The number of ether oxygens (including phenoxy) is 1. The summed E-state index contributed by atoms with van der Waals surface area (Å²) in [5.74, 6) is 0.519. The Bertz CT molecular complexity index is 210. The van der Waals surface area contributed by atoms with Crippen LogP contribution in [-0.2, 0) is 9.53 Å². The van der Waals surface area contributed by atoms with Crippen LogP contribution in [0.25, 0.3) is 0 Å². The molecule has 0 aliphatic carbocycles. The van der Waals surface area contributed by atoms with Crippen LogP contribution in [0.1, 0.15) is 47.5 Å². The highest BCUT2D eigenvalue weighted by Crippen LogP contribution is 2.18. The molecule has 0 fully saturated rings. The highest BCUT2D eigenvalue weighted by molar-refractivity contribution is 5.76. The van der Waals surface area contributed by atoms with Gasteiger partial charge in [-0.1, -0.05) is 26.7 Å². The van der Waals surface area contributed by atoms with Crippen molar-refractivity contribution in [1.82, 2.24) is 5.32 Å². The van der Waals surface area contributed by atoms with Gasteiger partial charge in [0.2, 0.25) is 0 Å². The van der Waals surface area contributed by atoms with Crippen molar-refractivity contribution in [2.45, 2.75) is 53.5 Å². The minimum Gasteiger partial charge on any atom is -0.469 e. The molecule has 3 heteroatoms. The lowest BCUT2D eigenvalue weighted by atomic mass is 9.91. The van der Waals surface area contributed by atoms with Gasteiger partial charge in [0.05, 0.1) is 12.5 Å². The average Bonchev–Trinajstić information content (AvgIpc) is 2.27. The zero-order chi connectivity index (χ0) is 12.8. The average molecular weight is 229 g/mol. The second-order valence-electron chi connectivity index (χ2n) is 5.12. The second-order valence-corrected chi connectivity index (χ2v) is 5.12. The molecule has 1 N–H and O–H groups in total. The van der Waals surface area contributed by atoms with Gasteiger partial charge in [0, 0.05) is 12.6 Å². The molecule has 1 unspecified atom stereocenters. The Labute approximate surface area is 99.9 Å². The molecule has 3 nitrogen and oxygen atoms in total. The highest BCUT2D eigenvalue weighted by Gasteiger charge is 2.29. The van der Waals surface area contributed by atoms with Gasteiger partial charge in [0.1, 0.15) is 0 Å². The lowest BCUT2D eigenvalue weighted by Crippen LogP contribution is -2.43. The summed E-state index contributed by atoms with van der Waals surface area (Å²) in [6.45, 7) is 11.1. The maximum atomic E-state index is 11.5.